The van der Waals surface area contributed by atoms with E-state index < -0.39 is 0 Å². The lowest BCUT2D eigenvalue weighted by Gasteiger charge is -2.32. The molecule has 0 radical (unpaired) electrons. The third-order valence-corrected chi connectivity index (χ3v) is 5.25. The summed E-state index contributed by atoms with van der Waals surface area (Å²) in [5.41, 5.74) is 2.05. The number of nitrogens with one attached hydrogen (secondary N) is 1. The van der Waals surface area contributed by atoms with Crippen molar-refractivity contribution < 1.29 is 4.52 Å². The zero-order valence-electron chi connectivity index (χ0n) is 14.7. The van der Waals surface area contributed by atoms with Gasteiger partial charge >= 0.3 is 0 Å². The first-order chi connectivity index (χ1) is 12.8. The van der Waals surface area contributed by atoms with Crippen molar-refractivity contribution in [3.63, 3.8) is 0 Å². The van der Waals surface area contributed by atoms with Crippen LogP contribution in [0.1, 0.15) is 49.0 Å². The van der Waals surface area contributed by atoms with E-state index in [9.17, 15) is 0 Å². The number of hydrogen-bond donors (Lipinski definition) is 1. The molecule has 0 amide bonds. The number of hydrogen-bond acceptors (Lipinski definition) is 7. The second-order valence-corrected chi connectivity index (χ2v) is 7.33. The lowest BCUT2D eigenvalue weighted by molar-refractivity contribution is 0.177. The predicted octanol–water partition coefficient (Wildman–Crippen LogP) is 1.74. The monoisotopic (exact) mass is 353 g/mol. The largest absolute Gasteiger partial charge is 0.339 e. The van der Waals surface area contributed by atoms with Crippen LogP contribution in [0.2, 0.25) is 0 Å². The van der Waals surface area contributed by atoms with E-state index in [0.717, 1.165) is 49.2 Å². The van der Waals surface area contributed by atoms with Gasteiger partial charge in [-0.05, 0) is 32.2 Å². The van der Waals surface area contributed by atoms with Gasteiger partial charge in [-0.15, -0.1) is 0 Å². The first-order valence-corrected chi connectivity index (χ1v) is 9.39. The van der Waals surface area contributed by atoms with Crippen molar-refractivity contribution in [2.24, 2.45) is 0 Å². The summed E-state index contributed by atoms with van der Waals surface area (Å²) < 4.78 is 7.46. The van der Waals surface area contributed by atoms with E-state index in [1.54, 1.807) is 12.4 Å². The smallest absolute Gasteiger partial charge is 0.229 e. The van der Waals surface area contributed by atoms with Crippen LogP contribution in [0.3, 0.4) is 0 Å². The molecule has 26 heavy (non-hydrogen) atoms. The Bertz CT molecular complexity index is 884. The summed E-state index contributed by atoms with van der Waals surface area (Å²) in [5.74, 6) is 2.17. The molecule has 1 saturated carbocycles. The Morgan fingerprint density at radius 1 is 1.23 bits per heavy atom. The first kappa shape index (κ1) is 15.9. The van der Waals surface area contributed by atoms with Crippen LogP contribution < -0.4 is 5.32 Å². The van der Waals surface area contributed by atoms with Crippen LogP contribution in [0, 0.1) is 0 Å². The van der Waals surface area contributed by atoms with Gasteiger partial charge in [-0.1, -0.05) is 5.16 Å². The van der Waals surface area contributed by atoms with E-state index in [1.807, 2.05) is 12.4 Å². The van der Waals surface area contributed by atoms with Crippen LogP contribution in [0.15, 0.2) is 29.3 Å². The molecule has 1 unspecified atom stereocenters. The zero-order valence-corrected chi connectivity index (χ0v) is 14.7. The quantitative estimate of drug-likeness (QED) is 0.722. The molecule has 1 atom stereocenters. The Morgan fingerprint density at radius 2 is 2.19 bits per heavy atom. The molecule has 3 aromatic heterocycles. The SMILES string of the molecule is c1cn2c(CNC3CCCN(Cc4noc(C5CC5)n4)C3)cnc2cn1. The molecule has 8 nitrogen and oxygen atoms in total. The molecular formula is C18H23N7O. The van der Waals surface area contributed by atoms with Crippen LogP contribution in [-0.4, -0.2) is 48.5 Å². The molecule has 5 rings (SSSR count). The summed E-state index contributed by atoms with van der Waals surface area (Å²) in [5, 5.41) is 7.83. The molecule has 2 fully saturated rings. The van der Waals surface area contributed by atoms with Crippen LogP contribution in [-0.2, 0) is 13.1 Å². The number of aromatic nitrogens is 5. The standard InChI is InChI=1S/C18H23N7O/c1-2-14(20-8-15-9-21-17-10-19-5-7-25(15)17)11-24(6-1)12-16-22-18(26-23-16)13-3-4-13/h5,7,9-10,13-14,20H,1-4,6,8,11-12H2. The summed E-state index contributed by atoms with van der Waals surface area (Å²) in [4.78, 5) is 15.5. The molecule has 1 saturated heterocycles. The van der Waals surface area contributed by atoms with Crippen molar-refractivity contribution in [1.29, 1.82) is 0 Å². The van der Waals surface area contributed by atoms with E-state index in [4.69, 9.17) is 4.52 Å². The van der Waals surface area contributed by atoms with E-state index in [2.05, 4.69) is 34.7 Å². The maximum atomic E-state index is 5.38. The normalized spacial score (nSPS) is 21.5. The summed E-state index contributed by atoms with van der Waals surface area (Å²) in [6.45, 7) is 3.67. The number of imidazole rings is 1. The maximum Gasteiger partial charge on any atom is 0.229 e. The zero-order chi connectivity index (χ0) is 17.3. The Morgan fingerprint density at radius 3 is 3.12 bits per heavy atom. The molecule has 2 aliphatic rings. The molecule has 4 heterocycles. The third-order valence-electron chi connectivity index (χ3n) is 5.25. The molecule has 8 heteroatoms. The summed E-state index contributed by atoms with van der Waals surface area (Å²) >= 11 is 0. The minimum atomic E-state index is 0.464. The molecule has 0 aromatic carbocycles. The molecule has 1 N–H and O–H groups in total. The Labute approximate surface area is 151 Å². The average Bonchev–Trinajstić information content (AvgIpc) is 3.28. The minimum Gasteiger partial charge on any atom is -0.339 e. The van der Waals surface area contributed by atoms with Crippen molar-refractivity contribution in [3.05, 3.63) is 42.2 Å². The molecule has 0 bridgehead atoms. The fourth-order valence-corrected chi connectivity index (χ4v) is 3.67. The van der Waals surface area contributed by atoms with Crippen molar-refractivity contribution in [3.8, 4) is 0 Å². The van der Waals surface area contributed by atoms with Gasteiger partial charge < -0.3 is 9.84 Å². The van der Waals surface area contributed by atoms with Crippen molar-refractivity contribution >= 4 is 5.65 Å². The molecule has 136 valence electrons. The predicted molar refractivity (Wildman–Crippen MR) is 94.4 cm³/mol. The molecular weight excluding hydrogens is 330 g/mol. The number of rotatable bonds is 6. The van der Waals surface area contributed by atoms with E-state index in [1.165, 1.54) is 25.7 Å². The van der Waals surface area contributed by atoms with Crippen molar-refractivity contribution in [2.45, 2.75) is 50.7 Å². The Hall–Kier alpha value is -2.32. The van der Waals surface area contributed by atoms with Gasteiger partial charge in [0.05, 0.1) is 24.6 Å². The van der Waals surface area contributed by atoms with E-state index in [-0.39, 0.29) is 0 Å². The number of likely N-dealkylation sites (tertiary alicyclic amines) is 1. The van der Waals surface area contributed by atoms with Gasteiger partial charge in [0.1, 0.15) is 0 Å². The molecule has 0 spiro atoms. The van der Waals surface area contributed by atoms with Crippen LogP contribution in [0.5, 0.6) is 0 Å². The van der Waals surface area contributed by atoms with Crippen molar-refractivity contribution in [1.82, 2.24) is 34.7 Å². The highest BCUT2D eigenvalue weighted by molar-refractivity contribution is 5.36. The van der Waals surface area contributed by atoms with Crippen LogP contribution in [0.4, 0.5) is 0 Å². The summed E-state index contributed by atoms with van der Waals surface area (Å²) in [6.07, 6.45) is 12.2. The highest BCUT2D eigenvalue weighted by Gasteiger charge is 2.30. The number of nitrogens with zero attached hydrogens (tertiary/aromatic N) is 6. The highest BCUT2D eigenvalue weighted by atomic mass is 16.5. The third kappa shape index (κ3) is 3.34. The Balaban J connectivity index is 1.17. The lowest BCUT2D eigenvalue weighted by Crippen LogP contribution is -2.45. The van der Waals surface area contributed by atoms with Crippen LogP contribution >= 0.6 is 0 Å². The topological polar surface area (TPSA) is 84.4 Å². The minimum absolute atomic E-state index is 0.464. The summed E-state index contributed by atoms with van der Waals surface area (Å²) in [6, 6.07) is 0.464. The van der Waals surface area contributed by atoms with Gasteiger partial charge in [-0.25, -0.2) is 4.98 Å². The maximum absolute atomic E-state index is 5.38. The van der Waals surface area contributed by atoms with Crippen LogP contribution in [0.25, 0.3) is 5.65 Å². The van der Waals surface area contributed by atoms with Gasteiger partial charge in [0.15, 0.2) is 11.5 Å². The van der Waals surface area contributed by atoms with E-state index >= 15 is 0 Å². The van der Waals surface area contributed by atoms with Gasteiger partial charge in [0.2, 0.25) is 5.89 Å². The summed E-state index contributed by atoms with van der Waals surface area (Å²) in [7, 11) is 0. The second kappa shape index (κ2) is 6.77. The fourth-order valence-electron chi connectivity index (χ4n) is 3.67. The van der Waals surface area contributed by atoms with E-state index in [0.29, 0.717) is 12.0 Å². The Kier molecular flexibility index (Phi) is 4.14. The molecule has 1 aliphatic heterocycles. The lowest BCUT2D eigenvalue weighted by atomic mass is 10.1. The average molecular weight is 353 g/mol. The number of fused-ring (bicyclic) bond motifs is 1. The highest BCUT2D eigenvalue weighted by Crippen LogP contribution is 2.38. The number of piperidine rings is 1. The first-order valence-electron chi connectivity index (χ1n) is 9.39. The van der Waals surface area contributed by atoms with Crippen molar-refractivity contribution in [2.75, 3.05) is 13.1 Å². The molecule has 3 aromatic rings. The molecule has 1 aliphatic carbocycles. The second-order valence-electron chi connectivity index (χ2n) is 7.33. The van der Waals surface area contributed by atoms with Gasteiger partial charge in [-0.3, -0.25) is 14.3 Å². The van der Waals surface area contributed by atoms with Gasteiger partial charge in [-0.2, -0.15) is 4.98 Å². The fraction of sp³-hybridized carbons (Fsp3) is 0.556. The van der Waals surface area contributed by atoms with Gasteiger partial charge in [0.25, 0.3) is 0 Å². The van der Waals surface area contributed by atoms with Gasteiger partial charge in [0, 0.05) is 37.4 Å².